The summed E-state index contributed by atoms with van der Waals surface area (Å²) >= 11 is 0. The maximum absolute atomic E-state index is 11.0. The van der Waals surface area contributed by atoms with Crippen LogP contribution >= 0.6 is 0 Å². The quantitative estimate of drug-likeness (QED) is 0.766. The van der Waals surface area contributed by atoms with Crippen molar-refractivity contribution >= 4 is 5.97 Å². The van der Waals surface area contributed by atoms with Gasteiger partial charge in [-0.15, -0.1) is 5.10 Å². The van der Waals surface area contributed by atoms with E-state index in [4.69, 9.17) is 5.11 Å². The molecule has 0 amide bonds. The Morgan fingerprint density at radius 2 is 2.13 bits per heavy atom. The molecule has 5 nitrogen and oxygen atoms in total. The van der Waals surface area contributed by atoms with Gasteiger partial charge in [0.15, 0.2) is 5.69 Å². The number of aromatic nitrogens is 3. The molecule has 2 bridgehead atoms. The first kappa shape index (κ1) is 8.88. The van der Waals surface area contributed by atoms with Crippen LogP contribution in [-0.4, -0.2) is 26.5 Å². The molecule has 1 aromatic heterocycles. The van der Waals surface area contributed by atoms with Gasteiger partial charge in [0.25, 0.3) is 0 Å². The summed E-state index contributed by atoms with van der Waals surface area (Å²) in [6.07, 6.45) is 5.67. The van der Waals surface area contributed by atoms with Gasteiger partial charge in [0.05, 0.1) is 0 Å². The summed E-state index contributed by atoms with van der Waals surface area (Å²) in [6, 6.07) is 0. The van der Waals surface area contributed by atoms with E-state index in [1.807, 2.05) is 0 Å². The fraction of sp³-hybridized carbons (Fsp3) is 0.700. The Bertz CT molecular complexity index is 405. The minimum atomic E-state index is -0.969. The van der Waals surface area contributed by atoms with Crippen LogP contribution in [0.2, 0.25) is 0 Å². The molecule has 2 aliphatic carbocycles. The number of H-pyrrole nitrogens is 1. The Hall–Kier alpha value is -1.39. The fourth-order valence-corrected chi connectivity index (χ4v) is 3.27. The van der Waals surface area contributed by atoms with Gasteiger partial charge in [-0.05, 0) is 38.0 Å². The average Bonchev–Trinajstić information content (AvgIpc) is 2.93. The highest BCUT2D eigenvalue weighted by Crippen LogP contribution is 2.55. The normalized spacial score (nSPS) is 33.5. The van der Waals surface area contributed by atoms with Gasteiger partial charge in [-0.2, -0.15) is 10.3 Å². The predicted molar refractivity (Wildman–Crippen MR) is 51.6 cm³/mol. The van der Waals surface area contributed by atoms with E-state index in [0.717, 1.165) is 25.2 Å². The van der Waals surface area contributed by atoms with Crippen molar-refractivity contribution < 1.29 is 9.90 Å². The summed E-state index contributed by atoms with van der Waals surface area (Å²) in [4.78, 5) is 11.0. The van der Waals surface area contributed by atoms with E-state index in [-0.39, 0.29) is 11.1 Å². The third-order valence-corrected chi connectivity index (χ3v) is 3.99. The van der Waals surface area contributed by atoms with Gasteiger partial charge in [-0.3, -0.25) is 0 Å². The Morgan fingerprint density at radius 1 is 1.40 bits per heavy atom. The van der Waals surface area contributed by atoms with Crippen LogP contribution < -0.4 is 0 Å². The average molecular weight is 207 g/mol. The van der Waals surface area contributed by atoms with E-state index in [1.165, 1.54) is 12.8 Å². The van der Waals surface area contributed by atoms with Crippen molar-refractivity contribution in [3.63, 3.8) is 0 Å². The lowest BCUT2D eigenvalue weighted by atomic mass is 9.80. The number of rotatable bonds is 2. The summed E-state index contributed by atoms with van der Waals surface area (Å²) < 4.78 is 0. The molecule has 1 aromatic rings. The van der Waals surface area contributed by atoms with Gasteiger partial charge < -0.3 is 5.11 Å². The number of aromatic carboxylic acids is 1. The molecule has 0 aromatic carbocycles. The zero-order valence-corrected chi connectivity index (χ0v) is 8.36. The lowest BCUT2D eigenvalue weighted by Crippen LogP contribution is -2.23. The molecule has 15 heavy (non-hydrogen) atoms. The lowest BCUT2D eigenvalue weighted by Gasteiger charge is -2.23. The fourth-order valence-electron chi connectivity index (χ4n) is 3.27. The molecule has 1 heterocycles. The van der Waals surface area contributed by atoms with Crippen LogP contribution in [0.15, 0.2) is 0 Å². The number of carboxylic acid groups (broad SMARTS) is 1. The zero-order valence-electron chi connectivity index (χ0n) is 8.36. The molecule has 0 atom stereocenters. The summed E-state index contributed by atoms with van der Waals surface area (Å²) in [7, 11) is 0. The van der Waals surface area contributed by atoms with Crippen molar-refractivity contribution in [2.45, 2.75) is 37.5 Å². The maximum atomic E-state index is 11.0. The molecule has 2 N–H and O–H groups in total. The molecule has 0 unspecified atom stereocenters. The minimum absolute atomic E-state index is 0.0192. The number of carboxylic acids is 1. The molecule has 3 rings (SSSR count). The van der Waals surface area contributed by atoms with Crippen molar-refractivity contribution in [3.05, 3.63) is 11.4 Å². The Balaban J connectivity index is 2.05. The minimum Gasteiger partial charge on any atom is -0.476 e. The molecule has 5 heteroatoms. The van der Waals surface area contributed by atoms with E-state index in [9.17, 15) is 4.79 Å². The van der Waals surface area contributed by atoms with Crippen LogP contribution in [0.25, 0.3) is 0 Å². The van der Waals surface area contributed by atoms with E-state index in [1.54, 1.807) is 0 Å². The summed E-state index contributed by atoms with van der Waals surface area (Å²) in [5, 5.41) is 19.3. The Labute approximate surface area is 86.9 Å². The molecule has 0 radical (unpaired) electrons. The number of nitrogens with zero attached hydrogens (tertiary/aromatic N) is 2. The molecule has 0 spiro atoms. The predicted octanol–water partition coefficient (Wildman–Crippen LogP) is 1.33. The van der Waals surface area contributed by atoms with E-state index in [2.05, 4.69) is 15.4 Å². The first-order valence-corrected chi connectivity index (χ1v) is 5.36. The van der Waals surface area contributed by atoms with Crippen LogP contribution in [0.1, 0.15) is 48.3 Å². The van der Waals surface area contributed by atoms with Gasteiger partial charge in [0.1, 0.15) is 5.69 Å². The molecule has 2 saturated carbocycles. The number of aromatic amines is 1. The third kappa shape index (κ3) is 1.12. The van der Waals surface area contributed by atoms with Gasteiger partial charge >= 0.3 is 5.97 Å². The Morgan fingerprint density at radius 3 is 2.67 bits per heavy atom. The molecule has 0 saturated heterocycles. The van der Waals surface area contributed by atoms with Crippen molar-refractivity contribution in [2.75, 3.05) is 0 Å². The molecule has 2 fully saturated rings. The van der Waals surface area contributed by atoms with Crippen molar-refractivity contribution in [3.8, 4) is 0 Å². The molecular formula is C10H13N3O2. The van der Waals surface area contributed by atoms with Crippen LogP contribution in [0, 0.1) is 5.92 Å². The van der Waals surface area contributed by atoms with E-state index >= 15 is 0 Å². The molecule has 0 aliphatic heterocycles. The summed E-state index contributed by atoms with van der Waals surface area (Å²) in [6.45, 7) is 0. The third-order valence-electron chi connectivity index (χ3n) is 3.99. The first-order valence-electron chi connectivity index (χ1n) is 5.36. The van der Waals surface area contributed by atoms with Crippen molar-refractivity contribution in [2.24, 2.45) is 5.92 Å². The number of nitrogens with one attached hydrogen (secondary N) is 1. The molecule has 80 valence electrons. The smallest absolute Gasteiger partial charge is 0.358 e. The Kier molecular flexibility index (Phi) is 1.66. The number of hydrogen-bond donors (Lipinski definition) is 2. The van der Waals surface area contributed by atoms with Crippen LogP contribution in [0.5, 0.6) is 0 Å². The summed E-state index contributed by atoms with van der Waals surface area (Å²) in [5.74, 6) is -0.188. The topological polar surface area (TPSA) is 78.9 Å². The maximum Gasteiger partial charge on any atom is 0.358 e. The highest BCUT2D eigenvalue weighted by atomic mass is 16.4. The van der Waals surface area contributed by atoms with E-state index < -0.39 is 5.97 Å². The van der Waals surface area contributed by atoms with E-state index in [0.29, 0.717) is 5.69 Å². The van der Waals surface area contributed by atoms with Crippen LogP contribution in [-0.2, 0) is 5.41 Å². The summed E-state index contributed by atoms with van der Waals surface area (Å²) in [5.41, 5.74) is 0.832. The van der Waals surface area contributed by atoms with Gasteiger partial charge in [0.2, 0.25) is 0 Å². The standard InChI is InChI=1S/C10H13N3O2/c14-9(15)7-8(12-13-11-7)10-3-1-6(5-10)2-4-10/h6H,1-5H2,(H,14,15)(H,11,12,13). The number of fused-ring (bicyclic) bond motifs is 2. The van der Waals surface area contributed by atoms with Gasteiger partial charge in [0, 0.05) is 5.41 Å². The van der Waals surface area contributed by atoms with Crippen LogP contribution in [0.3, 0.4) is 0 Å². The van der Waals surface area contributed by atoms with Crippen LogP contribution in [0.4, 0.5) is 0 Å². The highest BCUT2D eigenvalue weighted by Gasteiger charge is 2.49. The lowest BCUT2D eigenvalue weighted by molar-refractivity contribution is 0.0687. The number of hydrogen-bond acceptors (Lipinski definition) is 3. The van der Waals surface area contributed by atoms with Crippen molar-refractivity contribution in [1.29, 1.82) is 0 Å². The largest absolute Gasteiger partial charge is 0.476 e. The SMILES string of the molecule is O=C(O)c1n[nH]nc1C12CCC(CC1)C2. The second-order valence-electron chi connectivity index (χ2n) is 4.75. The molecule has 2 aliphatic rings. The van der Waals surface area contributed by atoms with Gasteiger partial charge in [-0.1, -0.05) is 0 Å². The zero-order chi connectivity index (χ0) is 10.5. The number of carbonyl (C=O) groups is 1. The van der Waals surface area contributed by atoms with Gasteiger partial charge in [-0.25, -0.2) is 4.79 Å². The highest BCUT2D eigenvalue weighted by molar-refractivity contribution is 5.86. The second-order valence-corrected chi connectivity index (χ2v) is 4.75. The first-order chi connectivity index (χ1) is 7.21. The molecular weight excluding hydrogens is 194 g/mol. The van der Waals surface area contributed by atoms with Crippen molar-refractivity contribution in [1.82, 2.24) is 15.4 Å². The monoisotopic (exact) mass is 207 g/mol. The second kappa shape index (κ2) is 2.81.